The molecule has 2 aromatic carbocycles. The number of ether oxygens (including phenoxy) is 1. The highest BCUT2D eigenvalue weighted by atomic mass is 32.2. The molecule has 0 aliphatic carbocycles. The molecule has 3 rings (SSSR count). The quantitative estimate of drug-likeness (QED) is 0.623. The summed E-state index contributed by atoms with van der Waals surface area (Å²) in [6.07, 6.45) is 0. The minimum absolute atomic E-state index is 0.160. The van der Waals surface area contributed by atoms with Crippen molar-refractivity contribution < 1.29 is 18.8 Å². The first kappa shape index (κ1) is 19.0. The number of benzene rings is 2. The van der Waals surface area contributed by atoms with Crippen LogP contribution in [0.1, 0.15) is 17.0 Å². The minimum atomic E-state index is -0.430. The lowest BCUT2D eigenvalue weighted by Crippen LogP contribution is -2.21. The van der Waals surface area contributed by atoms with Gasteiger partial charge in [0.2, 0.25) is 0 Å². The van der Waals surface area contributed by atoms with Crippen molar-refractivity contribution >= 4 is 40.1 Å². The fourth-order valence-corrected chi connectivity index (χ4v) is 3.56. The largest absolute Gasteiger partial charge is 0.455 e. The molecule has 140 valence electrons. The Morgan fingerprint density at radius 2 is 1.93 bits per heavy atom. The summed E-state index contributed by atoms with van der Waals surface area (Å²) in [5.41, 5.74) is 2.48. The van der Waals surface area contributed by atoms with Gasteiger partial charge in [0.15, 0.2) is 6.61 Å². The third-order valence-electron chi connectivity index (χ3n) is 4.05. The zero-order valence-corrected chi connectivity index (χ0v) is 16.0. The molecule has 7 heteroatoms. The average molecular weight is 384 g/mol. The van der Waals surface area contributed by atoms with E-state index in [1.54, 1.807) is 0 Å². The predicted octanol–water partition coefficient (Wildman–Crippen LogP) is 3.86. The Balaban J connectivity index is 1.42. The van der Waals surface area contributed by atoms with Gasteiger partial charge in [0.25, 0.3) is 5.91 Å². The lowest BCUT2D eigenvalue weighted by atomic mass is 10.1. The number of thioether (sulfide) groups is 1. The average Bonchev–Trinajstić information content (AvgIpc) is 2.98. The Morgan fingerprint density at radius 3 is 2.67 bits per heavy atom. The Hall–Kier alpha value is -2.80. The Bertz CT molecular complexity index is 948. The number of aromatic nitrogens is 1. The Labute approximate surface area is 161 Å². The van der Waals surface area contributed by atoms with Crippen molar-refractivity contribution in [2.75, 3.05) is 17.7 Å². The Morgan fingerprint density at radius 1 is 1.15 bits per heavy atom. The van der Waals surface area contributed by atoms with Crippen LogP contribution in [0, 0.1) is 13.8 Å². The highest BCUT2D eigenvalue weighted by Gasteiger charge is 2.12. The van der Waals surface area contributed by atoms with Crippen LogP contribution in [0.4, 0.5) is 5.69 Å². The minimum Gasteiger partial charge on any atom is -0.455 e. The maximum Gasteiger partial charge on any atom is 0.316 e. The molecule has 0 spiro atoms. The van der Waals surface area contributed by atoms with E-state index in [2.05, 4.69) is 10.5 Å². The SMILES string of the molecule is Cc1noc(C)c1CSCC(=O)OCC(=O)Nc1ccc2ccccc2c1. The van der Waals surface area contributed by atoms with E-state index < -0.39 is 5.97 Å². The van der Waals surface area contributed by atoms with Crippen LogP contribution in [0.25, 0.3) is 10.8 Å². The molecule has 0 saturated carbocycles. The molecular weight excluding hydrogens is 364 g/mol. The van der Waals surface area contributed by atoms with Crippen molar-refractivity contribution in [3.8, 4) is 0 Å². The normalized spacial score (nSPS) is 10.7. The van der Waals surface area contributed by atoms with Crippen LogP contribution in [-0.4, -0.2) is 29.4 Å². The molecule has 1 aromatic heterocycles. The van der Waals surface area contributed by atoms with Gasteiger partial charge in [-0.25, -0.2) is 0 Å². The van der Waals surface area contributed by atoms with Gasteiger partial charge in [-0.05, 0) is 36.8 Å². The van der Waals surface area contributed by atoms with Gasteiger partial charge in [-0.15, -0.1) is 11.8 Å². The van der Waals surface area contributed by atoms with E-state index >= 15 is 0 Å². The monoisotopic (exact) mass is 384 g/mol. The second-order valence-electron chi connectivity index (χ2n) is 6.07. The number of hydrogen-bond donors (Lipinski definition) is 1. The second kappa shape index (κ2) is 8.73. The van der Waals surface area contributed by atoms with Crippen LogP contribution in [0.5, 0.6) is 0 Å². The van der Waals surface area contributed by atoms with Crippen molar-refractivity contribution in [1.82, 2.24) is 5.16 Å². The topological polar surface area (TPSA) is 81.4 Å². The van der Waals surface area contributed by atoms with Crippen LogP contribution in [-0.2, 0) is 20.1 Å². The van der Waals surface area contributed by atoms with E-state index in [4.69, 9.17) is 9.26 Å². The van der Waals surface area contributed by atoms with Gasteiger partial charge in [-0.1, -0.05) is 35.5 Å². The lowest BCUT2D eigenvalue weighted by molar-refractivity contribution is -0.144. The molecule has 0 aliphatic rings. The third kappa shape index (κ3) is 5.10. The first-order valence-corrected chi connectivity index (χ1v) is 9.62. The van der Waals surface area contributed by atoms with Gasteiger partial charge in [0, 0.05) is 17.0 Å². The van der Waals surface area contributed by atoms with Crippen LogP contribution >= 0.6 is 11.8 Å². The van der Waals surface area contributed by atoms with Gasteiger partial charge in [0.05, 0.1) is 11.4 Å². The van der Waals surface area contributed by atoms with Crippen molar-refractivity contribution in [2.45, 2.75) is 19.6 Å². The molecule has 0 aliphatic heterocycles. The van der Waals surface area contributed by atoms with E-state index in [0.29, 0.717) is 11.4 Å². The number of esters is 1. The van der Waals surface area contributed by atoms with Crippen LogP contribution < -0.4 is 5.32 Å². The molecule has 0 saturated heterocycles. The highest BCUT2D eigenvalue weighted by molar-refractivity contribution is 7.99. The Kier molecular flexibility index (Phi) is 6.13. The van der Waals surface area contributed by atoms with E-state index in [9.17, 15) is 9.59 Å². The molecule has 6 nitrogen and oxygen atoms in total. The van der Waals surface area contributed by atoms with E-state index in [1.807, 2.05) is 56.3 Å². The molecule has 3 aromatic rings. The number of hydrogen-bond acceptors (Lipinski definition) is 6. The van der Waals surface area contributed by atoms with Gasteiger partial charge in [0.1, 0.15) is 5.76 Å². The lowest BCUT2D eigenvalue weighted by Gasteiger charge is -2.08. The fraction of sp³-hybridized carbons (Fsp3) is 0.250. The highest BCUT2D eigenvalue weighted by Crippen LogP contribution is 2.20. The number of fused-ring (bicyclic) bond motifs is 1. The van der Waals surface area contributed by atoms with E-state index in [1.165, 1.54) is 11.8 Å². The maximum absolute atomic E-state index is 12.0. The third-order valence-corrected chi connectivity index (χ3v) is 4.98. The second-order valence-corrected chi connectivity index (χ2v) is 7.05. The summed E-state index contributed by atoms with van der Waals surface area (Å²) in [5.74, 6) is 0.727. The fourth-order valence-electron chi connectivity index (χ4n) is 2.60. The van der Waals surface area contributed by atoms with Crippen molar-refractivity contribution in [3.63, 3.8) is 0 Å². The number of aryl methyl sites for hydroxylation is 2. The van der Waals surface area contributed by atoms with Crippen LogP contribution in [0.15, 0.2) is 47.0 Å². The molecular formula is C20H20N2O4S. The predicted molar refractivity (Wildman–Crippen MR) is 106 cm³/mol. The number of nitrogens with zero attached hydrogens (tertiary/aromatic N) is 1. The summed E-state index contributed by atoms with van der Waals surface area (Å²) in [5, 5.41) is 8.74. The first-order chi connectivity index (χ1) is 13.0. The van der Waals surface area contributed by atoms with Crippen molar-refractivity contribution in [2.24, 2.45) is 0 Å². The molecule has 0 bridgehead atoms. The molecule has 0 radical (unpaired) electrons. The molecule has 27 heavy (non-hydrogen) atoms. The summed E-state index contributed by atoms with van der Waals surface area (Å²) in [6.45, 7) is 3.39. The van der Waals surface area contributed by atoms with Crippen LogP contribution in [0.3, 0.4) is 0 Å². The van der Waals surface area contributed by atoms with Gasteiger partial charge in [-0.2, -0.15) is 0 Å². The summed E-state index contributed by atoms with van der Waals surface area (Å²) >= 11 is 1.40. The zero-order chi connectivity index (χ0) is 19.2. The number of amides is 1. The number of carbonyl (C=O) groups is 2. The van der Waals surface area contributed by atoms with Gasteiger partial charge >= 0.3 is 5.97 Å². The summed E-state index contributed by atoms with van der Waals surface area (Å²) < 4.78 is 10.1. The molecule has 1 N–H and O–H groups in total. The molecule has 0 atom stereocenters. The van der Waals surface area contributed by atoms with Crippen molar-refractivity contribution in [1.29, 1.82) is 0 Å². The molecule has 0 fully saturated rings. The van der Waals surface area contributed by atoms with Gasteiger partial charge in [-0.3, -0.25) is 9.59 Å². The smallest absolute Gasteiger partial charge is 0.316 e. The zero-order valence-electron chi connectivity index (χ0n) is 15.2. The first-order valence-electron chi connectivity index (χ1n) is 8.46. The standard InChI is InChI=1S/C20H20N2O4S/c1-13-18(14(2)26-22-13)11-27-12-20(24)25-10-19(23)21-17-8-7-15-5-3-4-6-16(15)9-17/h3-9H,10-12H2,1-2H3,(H,21,23). The summed E-state index contributed by atoms with van der Waals surface area (Å²) in [7, 11) is 0. The summed E-state index contributed by atoms with van der Waals surface area (Å²) in [6, 6.07) is 13.5. The molecule has 0 unspecified atom stereocenters. The number of anilines is 1. The molecule has 1 heterocycles. The number of nitrogens with one attached hydrogen (secondary N) is 1. The summed E-state index contributed by atoms with van der Waals surface area (Å²) in [4.78, 5) is 23.8. The van der Waals surface area contributed by atoms with Crippen molar-refractivity contribution in [3.05, 3.63) is 59.5 Å². The number of carbonyl (C=O) groups excluding carboxylic acids is 2. The van der Waals surface area contributed by atoms with E-state index in [-0.39, 0.29) is 18.3 Å². The number of rotatable bonds is 7. The van der Waals surface area contributed by atoms with Crippen LogP contribution in [0.2, 0.25) is 0 Å². The molecule has 1 amide bonds. The maximum atomic E-state index is 12.0. The van der Waals surface area contributed by atoms with Gasteiger partial charge < -0.3 is 14.6 Å². The van der Waals surface area contributed by atoms with E-state index in [0.717, 1.165) is 27.8 Å².